The molecule has 0 aliphatic heterocycles. The van der Waals surface area contributed by atoms with Crippen LogP contribution in [0.5, 0.6) is 5.75 Å². The van der Waals surface area contributed by atoms with Gasteiger partial charge >= 0.3 is 12.1 Å². The van der Waals surface area contributed by atoms with Gasteiger partial charge in [0.25, 0.3) is 0 Å². The third kappa shape index (κ3) is 2.03. The maximum atomic E-state index is 12.3. The van der Waals surface area contributed by atoms with E-state index in [-0.39, 0.29) is 0 Å². The Kier molecular flexibility index (Phi) is 2.87. The van der Waals surface area contributed by atoms with Crippen molar-refractivity contribution in [3.63, 3.8) is 0 Å². The molecule has 1 aromatic heterocycles. The van der Waals surface area contributed by atoms with Gasteiger partial charge in [0.2, 0.25) is 5.69 Å². The number of carbonyl (C=O) groups excluding carboxylic acids is 1. The summed E-state index contributed by atoms with van der Waals surface area (Å²) >= 11 is 0. The molecule has 84 valence electrons. The van der Waals surface area contributed by atoms with E-state index in [0.717, 1.165) is 14.2 Å². The van der Waals surface area contributed by atoms with Gasteiger partial charge < -0.3 is 9.47 Å². The number of aromatic nitrogens is 2. The molecule has 0 bridgehead atoms. The first-order valence-corrected chi connectivity index (χ1v) is 3.69. The summed E-state index contributed by atoms with van der Waals surface area (Å²) < 4.78 is 45.6. The summed E-state index contributed by atoms with van der Waals surface area (Å²) in [5, 5.41) is 4.86. The Labute approximate surface area is 82.2 Å². The van der Waals surface area contributed by atoms with Gasteiger partial charge in [0, 0.05) is 0 Å². The normalized spacial score (nSPS) is 11.3. The van der Waals surface area contributed by atoms with Crippen LogP contribution in [0, 0.1) is 0 Å². The number of alkyl halides is 3. The maximum Gasteiger partial charge on any atom is 0.438 e. The van der Waals surface area contributed by atoms with Crippen molar-refractivity contribution in [1.82, 2.24) is 10.2 Å². The first kappa shape index (κ1) is 11.3. The monoisotopic (exact) mass is 224 g/mol. The van der Waals surface area contributed by atoms with Crippen molar-refractivity contribution >= 4 is 5.97 Å². The van der Waals surface area contributed by atoms with Gasteiger partial charge in [-0.2, -0.15) is 18.3 Å². The summed E-state index contributed by atoms with van der Waals surface area (Å²) in [7, 11) is 2.04. The summed E-state index contributed by atoms with van der Waals surface area (Å²) in [5.74, 6) is -1.65. The Morgan fingerprint density at radius 2 is 2.00 bits per heavy atom. The number of H-pyrrole nitrogens is 1. The Balaban J connectivity index is 3.23. The number of esters is 1. The van der Waals surface area contributed by atoms with E-state index in [2.05, 4.69) is 14.6 Å². The number of halogens is 3. The van der Waals surface area contributed by atoms with Crippen LogP contribution in [0.15, 0.2) is 0 Å². The summed E-state index contributed by atoms with van der Waals surface area (Å²) in [6.45, 7) is 0. The third-order valence-electron chi connectivity index (χ3n) is 1.58. The van der Waals surface area contributed by atoms with Crippen molar-refractivity contribution in [3.05, 3.63) is 11.4 Å². The molecule has 0 aliphatic rings. The van der Waals surface area contributed by atoms with E-state index in [1.807, 2.05) is 5.10 Å². The van der Waals surface area contributed by atoms with Gasteiger partial charge in [-0.05, 0) is 0 Å². The molecule has 0 amide bonds. The van der Waals surface area contributed by atoms with Gasteiger partial charge in [0.15, 0.2) is 11.4 Å². The summed E-state index contributed by atoms with van der Waals surface area (Å²) in [4.78, 5) is 11.0. The lowest BCUT2D eigenvalue weighted by Gasteiger charge is -2.05. The quantitative estimate of drug-likeness (QED) is 0.767. The number of ether oxygens (including phenoxy) is 2. The molecule has 1 rings (SSSR count). The van der Waals surface area contributed by atoms with Crippen molar-refractivity contribution in [3.8, 4) is 5.75 Å². The van der Waals surface area contributed by atoms with Crippen molar-refractivity contribution in [2.75, 3.05) is 14.2 Å². The lowest BCUT2D eigenvalue weighted by Crippen LogP contribution is -2.08. The number of nitrogens with zero attached hydrogens (tertiary/aromatic N) is 1. The van der Waals surface area contributed by atoms with E-state index in [4.69, 9.17) is 0 Å². The fourth-order valence-electron chi connectivity index (χ4n) is 0.963. The minimum absolute atomic E-state index is 0.465. The molecule has 1 aromatic rings. The van der Waals surface area contributed by atoms with Crippen molar-refractivity contribution < 1.29 is 27.4 Å². The largest absolute Gasteiger partial charge is 0.492 e. The molecule has 0 fully saturated rings. The molecule has 0 aliphatic carbocycles. The predicted molar refractivity (Wildman–Crippen MR) is 41.5 cm³/mol. The second kappa shape index (κ2) is 3.79. The molecule has 8 heteroatoms. The van der Waals surface area contributed by atoms with Crippen LogP contribution in [0.4, 0.5) is 13.2 Å². The molecule has 0 aromatic carbocycles. The first-order chi connectivity index (χ1) is 6.91. The van der Waals surface area contributed by atoms with Gasteiger partial charge in [-0.15, -0.1) is 0 Å². The third-order valence-corrected chi connectivity index (χ3v) is 1.58. The van der Waals surface area contributed by atoms with Gasteiger partial charge in [-0.25, -0.2) is 4.79 Å². The SMILES string of the molecule is COC(=O)c1[nH]nc(C(F)(F)F)c1OC. The second-order valence-corrected chi connectivity index (χ2v) is 2.47. The highest BCUT2D eigenvalue weighted by atomic mass is 19.4. The molecular formula is C7H7F3N2O3. The number of aromatic amines is 1. The molecule has 15 heavy (non-hydrogen) atoms. The highest BCUT2D eigenvalue weighted by Gasteiger charge is 2.40. The molecule has 0 saturated heterocycles. The molecule has 5 nitrogen and oxygen atoms in total. The summed E-state index contributed by atoms with van der Waals surface area (Å²) in [5.41, 5.74) is -1.75. The van der Waals surface area contributed by atoms with Crippen molar-refractivity contribution in [2.24, 2.45) is 0 Å². The Bertz CT molecular complexity index is 372. The van der Waals surface area contributed by atoms with E-state index in [9.17, 15) is 18.0 Å². The van der Waals surface area contributed by atoms with Gasteiger partial charge in [-0.3, -0.25) is 5.10 Å². The molecular weight excluding hydrogens is 217 g/mol. The maximum absolute atomic E-state index is 12.3. The number of rotatable bonds is 2. The topological polar surface area (TPSA) is 64.2 Å². The molecule has 0 saturated carbocycles. The zero-order valence-electron chi connectivity index (χ0n) is 7.81. The number of hydrogen-bond donors (Lipinski definition) is 1. The molecule has 1 N–H and O–H groups in total. The minimum atomic E-state index is -4.69. The highest BCUT2D eigenvalue weighted by molar-refractivity contribution is 5.90. The van der Waals surface area contributed by atoms with Crippen LogP contribution in [0.2, 0.25) is 0 Å². The number of nitrogens with one attached hydrogen (secondary N) is 1. The van der Waals surface area contributed by atoms with E-state index in [1.165, 1.54) is 0 Å². The Morgan fingerprint density at radius 1 is 1.40 bits per heavy atom. The van der Waals surface area contributed by atoms with Crippen LogP contribution >= 0.6 is 0 Å². The zero-order chi connectivity index (χ0) is 11.6. The van der Waals surface area contributed by atoms with Crippen LogP contribution in [-0.2, 0) is 10.9 Å². The first-order valence-electron chi connectivity index (χ1n) is 3.69. The Hall–Kier alpha value is -1.73. The van der Waals surface area contributed by atoms with Crippen LogP contribution in [0.1, 0.15) is 16.2 Å². The number of hydrogen-bond acceptors (Lipinski definition) is 4. The van der Waals surface area contributed by atoms with Crippen LogP contribution in [-0.4, -0.2) is 30.4 Å². The highest BCUT2D eigenvalue weighted by Crippen LogP contribution is 2.36. The fourth-order valence-corrected chi connectivity index (χ4v) is 0.963. The molecule has 1 heterocycles. The Morgan fingerprint density at radius 3 is 2.40 bits per heavy atom. The second-order valence-electron chi connectivity index (χ2n) is 2.47. The van der Waals surface area contributed by atoms with Crippen molar-refractivity contribution in [2.45, 2.75) is 6.18 Å². The standard InChI is InChI=1S/C7H7F3N2O3/c1-14-4-3(6(13)15-2)11-12-5(4)7(8,9)10/h1-2H3,(H,11,12). The predicted octanol–water partition coefficient (Wildman–Crippen LogP) is 1.22. The van der Waals surface area contributed by atoms with E-state index < -0.39 is 29.3 Å². The zero-order valence-corrected chi connectivity index (χ0v) is 7.81. The average Bonchev–Trinajstić information content (AvgIpc) is 2.59. The van der Waals surface area contributed by atoms with Crippen LogP contribution in [0.25, 0.3) is 0 Å². The molecule has 0 spiro atoms. The van der Waals surface area contributed by atoms with E-state index in [0.29, 0.717) is 0 Å². The molecule has 0 unspecified atom stereocenters. The number of carbonyl (C=O) groups is 1. The smallest absolute Gasteiger partial charge is 0.438 e. The van der Waals surface area contributed by atoms with Gasteiger partial charge in [-0.1, -0.05) is 0 Å². The van der Waals surface area contributed by atoms with Crippen LogP contribution < -0.4 is 4.74 Å². The average molecular weight is 224 g/mol. The minimum Gasteiger partial charge on any atom is -0.492 e. The lowest BCUT2D eigenvalue weighted by molar-refractivity contribution is -0.142. The molecule has 0 atom stereocenters. The summed E-state index contributed by atoms with van der Waals surface area (Å²) in [6, 6.07) is 0. The fraction of sp³-hybridized carbons (Fsp3) is 0.429. The van der Waals surface area contributed by atoms with Crippen molar-refractivity contribution in [1.29, 1.82) is 0 Å². The lowest BCUT2D eigenvalue weighted by atomic mass is 10.3. The molecule has 0 radical (unpaired) electrons. The van der Waals surface area contributed by atoms with E-state index >= 15 is 0 Å². The number of methoxy groups -OCH3 is 2. The van der Waals surface area contributed by atoms with Gasteiger partial charge in [0.1, 0.15) is 0 Å². The van der Waals surface area contributed by atoms with Crippen LogP contribution in [0.3, 0.4) is 0 Å². The van der Waals surface area contributed by atoms with E-state index in [1.54, 1.807) is 0 Å². The van der Waals surface area contributed by atoms with Gasteiger partial charge in [0.05, 0.1) is 14.2 Å². The summed E-state index contributed by atoms with van der Waals surface area (Å²) in [6.07, 6.45) is -4.69.